The van der Waals surface area contributed by atoms with E-state index >= 15 is 0 Å². The first-order valence-corrected chi connectivity index (χ1v) is 8.22. The molecular weight excluding hydrogens is 450 g/mol. The first-order chi connectivity index (χ1) is 10.4. The molecule has 0 heterocycles. The summed E-state index contributed by atoms with van der Waals surface area (Å²) in [5, 5.41) is 2.65. The van der Waals surface area contributed by atoms with Crippen LogP contribution in [0, 0.1) is 9.39 Å². The Labute approximate surface area is 147 Å². The largest absolute Gasteiger partial charge is 0.321 e. The number of anilines is 1. The first kappa shape index (κ1) is 17.4. The van der Waals surface area contributed by atoms with Crippen LogP contribution in [0.3, 0.4) is 0 Å². The van der Waals surface area contributed by atoms with Gasteiger partial charge in [-0.05, 0) is 52.9 Å². The van der Waals surface area contributed by atoms with Crippen LogP contribution >= 0.6 is 46.0 Å². The van der Waals surface area contributed by atoms with Crippen LogP contribution < -0.4 is 5.32 Å². The zero-order valence-corrected chi connectivity index (χ0v) is 14.5. The molecule has 0 aliphatic carbocycles. The molecule has 1 amide bonds. The van der Waals surface area contributed by atoms with Gasteiger partial charge < -0.3 is 5.32 Å². The molecule has 2 aromatic carbocycles. The zero-order valence-electron chi connectivity index (χ0n) is 10.7. The minimum atomic E-state index is -2.67. The number of rotatable bonds is 4. The molecule has 0 atom stereocenters. The summed E-state index contributed by atoms with van der Waals surface area (Å²) in [7, 11) is 0. The van der Waals surface area contributed by atoms with E-state index in [1.54, 1.807) is 6.07 Å². The van der Waals surface area contributed by atoms with Crippen LogP contribution in [0.25, 0.3) is 0 Å². The SMILES string of the molecule is O=C(Nc1cccc(Cl)c1SC(F)F)c1ccc(F)cc1I. The lowest BCUT2D eigenvalue weighted by Crippen LogP contribution is -2.14. The number of halogens is 5. The molecule has 0 saturated heterocycles. The van der Waals surface area contributed by atoms with Gasteiger partial charge >= 0.3 is 0 Å². The van der Waals surface area contributed by atoms with Gasteiger partial charge in [0.25, 0.3) is 11.7 Å². The smallest absolute Gasteiger partial charge is 0.289 e. The molecule has 2 aromatic rings. The number of amides is 1. The van der Waals surface area contributed by atoms with Crippen LogP contribution in [0.15, 0.2) is 41.3 Å². The van der Waals surface area contributed by atoms with Crippen LogP contribution in [0.4, 0.5) is 18.9 Å². The quantitative estimate of drug-likeness (QED) is 0.475. The van der Waals surface area contributed by atoms with Crippen LogP contribution in [-0.2, 0) is 0 Å². The summed E-state index contributed by atoms with van der Waals surface area (Å²) in [6.45, 7) is 0. The van der Waals surface area contributed by atoms with E-state index in [1.807, 2.05) is 22.6 Å². The number of hydrogen-bond donors (Lipinski definition) is 1. The van der Waals surface area contributed by atoms with E-state index in [-0.39, 0.29) is 32.9 Å². The molecule has 0 aliphatic heterocycles. The molecule has 0 radical (unpaired) electrons. The molecule has 2 nitrogen and oxygen atoms in total. The third-order valence-electron chi connectivity index (χ3n) is 2.60. The fraction of sp³-hybridized carbons (Fsp3) is 0.0714. The van der Waals surface area contributed by atoms with Gasteiger partial charge in [-0.3, -0.25) is 4.79 Å². The van der Waals surface area contributed by atoms with E-state index in [0.717, 1.165) is 6.07 Å². The minimum Gasteiger partial charge on any atom is -0.321 e. The average Bonchev–Trinajstić information content (AvgIpc) is 2.42. The Morgan fingerprint density at radius 3 is 2.64 bits per heavy atom. The van der Waals surface area contributed by atoms with Crippen molar-refractivity contribution in [3.63, 3.8) is 0 Å². The monoisotopic (exact) mass is 457 g/mol. The highest BCUT2D eigenvalue weighted by Crippen LogP contribution is 2.37. The number of carbonyl (C=O) groups is 1. The highest BCUT2D eigenvalue weighted by Gasteiger charge is 2.17. The molecule has 0 spiro atoms. The summed E-state index contributed by atoms with van der Waals surface area (Å²) in [5.41, 5.74) is 0.429. The van der Waals surface area contributed by atoms with Crippen molar-refractivity contribution in [2.45, 2.75) is 10.7 Å². The lowest BCUT2D eigenvalue weighted by Gasteiger charge is -2.12. The molecule has 0 saturated carbocycles. The number of nitrogens with one attached hydrogen (secondary N) is 1. The summed E-state index contributed by atoms with van der Waals surface area (Å²) in [5.74, 6) is -3.65. The number of benzene rings is 2. The number of alkyl halides is 2. The lowest BCUT2D eigenvalue weighted by atomic mass is 10.2. The number of carbonyl (C=O) groups excluding carboxylic acids is 1. The predicted molar refractivity (Wildman–Crippen MR) is 90.4 cm³/mol. The van der Waals surface area contributed by atoms with Crippen molar-refractivity contribution in [3.05, 3.63) is 56.4 Å². The van der Waals surface area contributed by atoms with Gasteiger partial charge in [-0.25, -0.2) is 4.39 Å². The van der Waals surface area contributed by atoms with Crippen LogP contribution in [0.5, 0.6) is 0 Å². The van der Waals surface area contributed by atoms with E-state index in [1.165, 1.54) is 24.3 Å². The molecule has 22 heavy (non-hydrogen) atoms. The molecule has 0 fully saturated rings. The van der Waals surface area contributed by atoms with Crippen molar-refractivity contribution in [1.29, 1.82) is 0 Å². The summed E-state index contributed by atoms with van der Waals surface area (Å²) in [4.78, 5) is 12.3. The van der Waals surface area contributed by atoms with Gasteiger partial charge in [0, 0.05) is 3.57 Å². The Morgan fingerprint density at radius 1 is 1.27 bits per heavy atom. The fourth-order valence-electron chi connectivity index (χ4n) is 1.68. The van der Waals surface area contributed by atoms with Crippen molar-refractivity contribution in [1.82, 2.24) is 0 Å². The second kappa shape index (κ2) is 7.56. The molecule has 0 aliphatic rings. The second-order valence-electron chi connectivity index (χ2n) is 4.07. The Morgan fingerprint density at radius 2 is 2.00 bits per heavy atom. The van der Waals surface area contributed by atoms with Crippen molar-refractivity contribution < 1.29 is 18.0 Å². The maximum absolute atomic E-state index is 13.1. The zero-order chi connectivity index (χ0) is 16.3. The Bertz CT molecular complexity index is 714. The van der Waals surface area contributed by atoms with Gasteiger partial charge in [0.05, 0.1) is 21.2 Å². The molecule has 116 valence electrons. The molecule has 8 heteroatoms. The Hall–Kier alpha value is -0.930. The third kappa shape index (κ3) is 4.30. The van der Waals surface area contributed by atoms with Gasteiger partial charge in [-0.2, -0.15) is 8.78 Å². The predicted octanol–water partition coefficient (Wildman–Crippen LogP) is 5.65. The van der Waals surface area contributed by atoms with Crippen LogP contribution in [-0.4, -0.2) is 11.7 Å². The maximum Gasteiger partial charge on any atom is 0.289 e. The minimum absolute atomic E-state index is 0.0876. The summed E-state index contributed by atoms with van der Waals surface area (Å²) >= 11 is 7.98. The van der Waals surface area contributed by atoms with E-state index in [2.05, 4.69) is 5.32 Å². The van der Waals surface area contributed by atoms with Gasteiger partial charge in [0.2, 0.25) is 0 Å². The summed E-state index contributed by atoms with van der Waals surface area (Å²) in [6, 6.07) is 8.18. The third-order valence-corrected chi connectivity index (χ3v) is 4.77. The molecule has 2 rings (SSSR count). The maximum atomic E-state index is 13.1. The van der Waals surface area contributed by atoms with E-state index in [9.17, 15) is 18.0 Å². The second-order valence-corrected chi connectivity index (χ2v) is 6.64. The fourth-order valence-corrected chi connectivity index (χ4v) is 3.31. The highest BCUT2D eigenvalue weighted by atomic mass is 127. The topological polar surface area (TPSA) is 29.1 Å². The van der Waals surface area contributed by atoms with Crippen LogP contribution in [0.1, 0.15) is 10.4 Å². The first-order valence-electron chi connectivity index (χ1n) is 5.88. The molecule has 0 unspecified atom stereocenters. The Kier molecular flexibility index (Phi) is 5.99. The summed E-state index contributed by atoms with van der Waals surface area (Å²) in [6.07, 6.45) is 0. The summed E-state index contributed by atoms with van der Waals surface area (Å²) < 4.78 is 38.7. The molecule has 0 aromatic heterocycles. The van der Waals surface area contributed by atoms with Crippen molar-refractivity contribution >= 4 is 57.5 Å². The molecule has 0 bridgehead atoms. The van der Waals surface area contributed by atoms with E-state index < -0.39 is 17.5 Å². The van der Waals surface area contributed by atoms with E-state index in [0.29, 0.717) is 3.57 Å². The highest BCUT2D eigenvalue weighted by molar-refractivity contribution is 14.1. The van der Waals surface area contributed by atoms with Gasteiger partial charge in [0.15, 0.2) is 0 Å². The van der Waals surface area contributed by atoms with Crippen molar-refractivity contribution in [3.8, 4) is 0 Å². The van der Waals surface area contributed by atoms with Gasteiger partial charge in [-0.1, -0.05) is 29.4 Å². The van der Waals surface area contributed by atoms with Gasteiger partial charge in [-0.15, -0.1) is 0 Å². The standard InChI is InChI=1S/C14H8ClF3INOS/c15-9-2-1-3-11(12(9)22-14(17)18)20-13(21)8-5-4-7(16)6-10(8)19/h1-6,14H,(H,20,21). The van der Waals surface area contributed by atoms with Crippen molar-refractivity contribution in [2.75, 3.05) is 5.32 Å². The van der Waals surface area contributed by atoms with Gasteiger partial charge in [0.1, 0.15) is 5.82 Å². The van der Waals surface area contributed by atoms with Crippen LogP contribution in [0.2, 0.25) is 5.02 Å². The average molecular weight is 458 g/mol. The molecule has 1 N–H and O–H groups in total. The lowest BCUT2D eigenvalue weighted by molar-refractivity contribution is 0.102. The van der Waals surface area contributed by atoms with Crippen molar-refractivity contribution in [2.24, 2.45) is 0 Å². The molecular formula is C14H8ClF3INOS. The van der Waals surface area contributed by atoms with E-state index in [4.69, 9.17) is 11.6 Å². The number of hydrogen-bond acceptors (Lipinski definition) is 2. The number of thioether (sulfide) groups is 1. The Balaban J connectivity index is 2.30. The normalized spacial score (nSPS) is 10.8.